The predicted octanol–water partition coefficient (Wildman–Crippen LogP) is 3.67. The van der Waals surface area contributed by atoms with E-state index in [0.717, 1.165) is 35.3 Å². The maximum Gasteiger partial charge on any atom is 0.265 e. The van der Waals surface area contributed by atoms with Crippen molar-refractivity contribution in [1.82, 2.24) is 19.6 Å². The van der Waals surface area contributed by atoms with Crippen LogP contribution in [0, 0.1) is 13.8 Å². The molecule has 0 amide bonds. The second-order valence-corrected chi connectivity index (χ2v) is 9.14. The van der Waals surface area contributed by atoms with E-state index in [1.54, 1.807) is 12.1 Å². The van der Waals surface area contributed by atoms with Crippen molar-refractivity contribution < 1.29 is 8.42 Å². The van der Waals surface area contributed by atoms with E-state index in [9.17, 15) is 8.42 Å². The van der Waals surface area contributed by atoms with E-state index in [0.29, 0.717) is 11.2 Å². The van der Waals surface area contributed by atoms with Gasteiger partial charge in [0.1, 0.15) is 5.82 Å². The lowest BCUT2D eigenvalue weighted by atomic mass is 10.1. The molecule has 4 rings (SSSR count). The molecule has 0 spiro atoms. The SMILES string of the molecule is CCCc1nnc2c(N(C)S(=O)(=O)c3ccc(C)c(C)c3)nc3ccccc3n12. The quantitative estimate of drug-likeness (QED) is 0.502. The van der Waals surface area contributed by atoms with E-state index in [2.05, 4.69) is 22.1 Å². The molecule has 2 aromatic heterocycles. The predicted molar refractivity (Wildman–Crippen MR) is 114 cm³/mol. The molecule has 7 nitrogen and oxygen atoms in total. The Labute approximate surface area is 170 Å². The molecule has 0 bridgehead atoms. The number of benzene rings is 2. The van der Waals surface area contributed by atoms with Crippen LogP contribution in [-0.2, 0) is 16.4 Å². The smallest absolute Gasteiger partial charge is 0.265 e. The molecule has 0 aliphatic rings. The number of rotatable bonds is 5. The van der Waals surface area contributed by atoms with Gasteiger partial charge in [0, 0.05) is 13.5 Å². The van der Waals surface area contributed by atoms with Crippen LogP contribution in [0.5, 0.6) is 0 Å². The zero-order valence-corrected chi connectivity index (χ0v) is 17.7. The molecular formula is C21H23N5O2S. The third kappa shape index (κ3) is 3.13. The van der Waals surface area contributed by atoms with Crippen molar-refractivity contribution in [1.29, 1.82) is 0 Å². The van der Waals surface area contributed by atoms with Gasteiger partial charge in [-0.3, -0.25) is 4.40 Å². The van der Waals surface area contributed by atoms with Crippen LogP contribution in [0.3, 0.4) is 0 Å². The zero-order valence-electron chi connectivity index (χ0n) is 16.9. The summed E-state index contributed by atoms with van der Waals surface area (Å²) >= 11 is 0. The molecule has 0 aliphatic carbocycles. The van der Waals surface area contributed by atoms with Crippen molar-refractivity contribution in [2.75, 3.05) is 11.4 Å². The molecule has 29 heavy (non-hydrogen) atoms. The molecule has 0 aliphatic heterocycles. The van der Waals surface area contributed by atoms with Crippen LogP contribution in [-0.4, -0.2) is 35.0 Å². The molecule has 0 atom stereocenters. The molecule has 0 unspecified atom stereocenters. The van der Waals surface area contributed by atoms with Crippen LogP contribution in [0.2, 0.25) is 0 Å². The van der Waals surface area contributed by atoms with Crippen molar-refractivity contribution >= 4 is 32.5 Å². The van der Waals surface area contributed by atoms with Crippen LogP contribution in [0.25, 0.3) is 16.7 Å². The molecule has 2 aromatic carbocycles. The zero-order chi connectivity index (χ0) is 20.8. The first kappa shape index (κ1) is 19.3. The highest BCUT2D eigenvalue weighted by Gasteiger charge is 2.27. The van der Waals surface area contributed by atoms with Gasteiger partial charge in [-0.25, -0.2) is 17.7 Å². The summed E-state index contributed by atoms with van der Waals surface area (Å²) in [6.45, 7) is 5.92. The lowest BCUT2D eigenvalue weighted by Gasteiger charge is -2.20. The summed E-state index contributed by atoms with van der Waals surface area (Å²) in [7, 11) is -2.29. The molecule has 2 heterocycles. The first-order valence-electron chi connectivity index (χ1n) is 9.53. The number of aromatic nitrogens is 4. The van der Waals surface area contributed by atoms with E-state index in [1.807, 2.05) is 48.6 Å². The largest absolute Gasteiger partial charge is 0.274 e. The van der Waals surface area contributed by atoms with Crippen LogP contribution in [0.4, 0.5) is 5.82 Å². The number of para-hydroxylation sites is 2. The number of nitrogens with zero attached hydrogens (tertiary/aromatic N) is 5. The fourth-order valence-electron chi connectivity index (χ4n) is 3.37. The van der Waals surface area contributed by atoms with E-state index >= 15 is 0 Å². The second-order valence-electron chi connectivity index (χ2n) is 7.17. The summed E-state index contributed by atoms with van der Waals surface area (Å²) in [4.78, 5) is 4.86. The maximum atomic E-state index is 13.3. The highest BCUT2D eigenvalue weighted by atomic mass is 32.2. The van der Waals surface area contributed by atoms with Gasteiger partial charge >= 0.3 is 0 Å². The number of anilines is 1. The molecule has 4 aromatic rings. The summed E-state index contributed by atoms with van der Waals surface area (Å²) < 4.78 is 29.8. The van der Waals surface area contributed by atoms with E-state index in [4.69, 9.17) is 0 Å². The Balaban J connectivity index is 1.95. The van der Waals surface area contributed by atoms with Gasteiger partial charge in [0.2, 0.25) is 5.65 Å². The third-order valence-corrected chi connectivity index (χ3v) is 6.93. The van der Waals surface area contributed by atoms with Crippen LogP contribution in [0.1, 0.15) is 30.3 Å². The van der Waals surface area contributed by atoms with Crippen LogP contribution >= 0.6 is 0 Å². The summed E-state index contributed by atoms with van der Waals surface area (Å²) in [5.74, 6) is 1.05. The molecule has 0 saturated heterocycles. The Kier molecular flexibility index (Phi) is 4.74. The van der Waals surface area contributed by atoms with Gasteiger partial charge in [0.15, 0.2) is 5.82 Å². The molecule has 8 heteroatoms. The fraction of sp³-hybridized carbons (Fsp3) is 0.286. The number of fused-ring (bicyclic) bond motifs is 3. The third-order valence-electron chi connectivity index (χ3n) is 5.19. The monoisotopic (exact) mass is 409 g/mol. The van der Waals surface area contributed by atoms with Gasteiger partial charge in [0.05, 0.1) is 15.9 Å². The number of hydrogen-bond donors (Lipinski definition) is 0. The summed E-state index contributed by atoms with van der Waals surface area (Å²) in [6.07, 6.45) is 1.64. The number of aryl methyl sites for hydroxylation is 3. The van der Waals surface area contributed by atoms with Crippen molar-refractivity contribution in [3.8, 4) is 0 Å². The Hall–Kier alpha value is -3.00. The number of hydrogen-bond acceptors (Lipinski definition) is 5. The molecule has 150 valence electrons. The van der Waals surface area contributed by atoms with Crippen molar-refractivity contribution in [2.45, 2.75) is 38.5 Å². The molecule has 0 N–H and O–H groups in total. The summed E-state index contributed by atoms with van der Waals surface area (Å²) in [6, 6.07) is 12.7. The van der Waals surface area contributed by atoms with Gasteiger partial charge in [-0.1, -0.05) is 25.1 Å². The lowest BCUT2D eigenvalue weighted by molar-refractivity contribution is 0.594. The van der Waals surface area contributed by atoms with Crippen molar-refractivity contribution in [3.05, 3.63) is 59.4 Å². The fourth-order valence-corrected chi connectivity index (χ4v) is 4.60. The Bertz CT molecular complexity index is 1330. The highest BCUT2D eigenvalue weighted by Crippen LogP contribution is 2.28. The van der Waals surface area contributed by atoms with E-state index in [1.165, 1.54) is 11.4 Å². The van der Waals surface area contributed by atoms with Gasteiger partial charge in [-0.2, -0.15) is 0 Å². The minimum atomic E-state index is -3.80. The average molecular weight is 410 g/mol. The number of sulfonamides is 1. The topological polar surface area (TPSA) is 80.5 Å². The average Bonchev–Trinajstić information content (AvgIpc) is 3.13. The minimum absolute atomic E-state index is 0.226. The van der Waals surface area contributed by atoms with Crippen molar-refractivity contribution in [3.63, 3.8) is 0 Å². The molecule has 0 fully saturated rings. The Morgan fingerprint density at radius 1 is 1.03 bits per heavy atom. The first-order chi connectivity index (χ1) is 13.8. The van der Waals surface area contributed by atoms with Crippen LogP contribution < -0.4 is 4.31 Å². The van der Waals surface area contributed by atoms with Gasteiger partial charge in [0.25, 0.3) is 10.0 Å². The Morgan fingerprint density at radius 2 is 1.79 bits per heavy atom. The lowest BCUT2D eigenvalue weighted by Crippen LogP contribution is -2.28. The summed E-state index contributed by atoms with van der Waals surface area (Å²) in [5.41, 5.74) is 3.94. The Morgan fingerprint density at radius 3 is 2.52 bits per heavy atom. The van der Waals surface area contributed by atoms with Crippen LogP contribution in [0.15, 0.2) is 47.4 Å². The molecular weight excluding hydrogens is 386 g/mol. The standard InChI is InChI=1S/C21H23N5O2S/c1-5-8-19-23-24-21-20(22-17-9-6-7-10-18(17)26(19)21)25(4)29(27,28)16-12-11-14(2)15(3)13-16/h6-7,9-13H,5,8H2,1-4H3. The first-order valence-corrected chi connectivity index (χ1v) is 11.0. The van der Waals surface area contributed by atoms with E-state index in [-0.39, 0.29) is 10.7 Å². The van der Waals surface area contributed by atoms with Gasteiger partial charge in [-0.15, -0.1) is 10.2 Å². The van der Waals surface area contributed by atoms with Gasteiger partial charge in [-0.05, 0) is 55.7 Å². The summed E-state index contributed by atoms with van der Waals surface area (Å²) in [5, 5.41) is 8.60. The minimum Gasteiger partial charge on any atom is -0.274 e. The van der Waals surface area contributed by atoms with Crippen molar-refractivity contribution in [2.24, 2.45) is 0 Å². The molecule has 0 saturated carbocycles. The van der Waals surface area contributed by atoms with Gasteiger partial charge < -0.3 is 0 Å². The highest BCUT2D eigenvalue weighted by molar-refractivity contribution is 7.92. The normalized spacial score (nSPS) is 12.0. The molecule has 0 radical (unpaired) electrons. The van der Waals surface area contributed by atoms with E-state index < -0.39 is 10.0 Å². The second kappa shape index (κ2) is 7.11. The maximum absolute atomic E-state index is 13.3.